The van der Waals surface area contributed by atoms with Crippen LogP contribution in [-0.4, -0.2) is 33.2 Å². The molecule has 2 aromatic heterocycles. The first-order valence-electron chi connectivity index (χ1n) is 6.03. The van der Waals surface area contributed by atoms with E-state index < -0.39 is 0 Å². The lowest BCUT2D eigenvalue weighted by atomic mass is 9.90. The summed E-state index contributed by atoms with van der Waals surface area (Å²) in [4.78, 5) is 12.7. The molecule has 0 saturated heterocycles. The van der Waals surface area contributed by atoms with Crippen molar-refractivity contribution in [3.8, 4) is 0 Å². The average Bonchev–Trinajstić information content (AvgIpc) is 2.36. The van der Waals surface area contributed by atoms with Gasteiger partial charge in [0.05, 0.1) is 0 Å². The normalized spacial score (nSPS) is 11.7. The number of aromatic nitrogens is 3. The monoisotopic (exact) mass is 246 g/mol. The zero-order chi connectivity index (χ0) is 13.0. The first-order valence-corrected chi connectivity index (χ1v) is 6.03. The largest absolute Gasteiger partial charge is 0.396 e. The Hall–Kier alpha value is -1.75. The van der Waals surface area contributed by atoms with Crippen LogP contribution in [0, 0.1) is 5.41 Å². The van der Waals surface area contributed by atoms with Crippen LogP contribution in [0.1, 0.15) is 20.3 Å². The molecule has 0 aromatic carbocycles. The highest BCUT2D eigenvalue weighted by Gasteiger charge is 2.16. The maximum atomic E-state index is 8.98. The fraction of sp³-hybridized carbons (Fsp3) is 0.462. The fourth-order valence-corrected chi connectivity index (χ4v) is 1.67. The number of hydrogen-bond donors (Lipinski definition) is 2. The predicted octanol–water partition coefficient (Wildman–Crippen LogP) is 1.85. The van der Waals surface area contributed by atoms with E-state index in [1.54, 1.807) is 12.4 Å². The van der Waals surface area contributed by atoms with Crippen molar-refractivity contribution in [2.24, 2.45) is 5.41 Å². The standard InChI is InChI=1S/C13H18N4O/c1-13(2,5-8-18)9-16-11-4-3-10-12(17-11)15-7-6-14-10/h3-4,6-7,18H,5,8-9H2,1-2H3,(H,15,16,17). The molecule has 2 aromatic rings. The number of rotatable bonds is 5. The first kappa shape index (κ1) is 12.7. The Morgan fingerprint density at radius 2 is 2.00 bits per heavy atom. The summed E-state index contributed by atoms with van der Waals surface area (Å²) < 4.78 is 0. The van der Waals surface area contributed by atoms with Crippen LogP contribution >= 0.6 is 0 Å². The molecule has 2 N–H and O–H groups in total. The molecule has 0 radical (unpaired) electrons. The van der Waals surface area contributed by atoms with E-state index in [0.717, 1.165) is 24.3 Å². The van der Waals surface area contributed by atoms with E-state index >= 15 is 0 Å². The fourth-order valence-electron chi connectivity index (χ4n) is 1.67. The van der Waals surface area contributed by atoms with Crippen LogP contribution in [0.15, 0.2) is 24.5 Å². The van der Waals surface area contributed by atoms with E-state index in [2.05, 4.69) is 34.1 Å². The molecule has 0 amide bonds. The lowest BCUT2D eigenvalue weighted by molar-refractivity contribution is 0.220. The van der Waals surface area contributed by atoms with Crippen LogP contribution in [0.5, 0.6) is 0 Å². The molecule has 0 bridgehead atoms. The summed E-state index contributed by atoms with van der Waals surface area (Å²) in [5.41, 5.74) is 1.47. The van der Waals surface area contributed by atoms with Crippen molar-refractivity contribution in [1.82, 2.24) is 15.0 Å². The average molecular weight is 246 g/mol. The minimum Gasteiger partial charge on any atom is -0.396 e. The zero-order valence-electron chi connectivity index (χ0n) is 10.7. The van der Waals surface area contributed by atoms with Gasteiger partial charge in [0.1, 0.15) is 11.3 Å². The summed E-state index contributed by atoms with van der Waals surface area (Å²) in [5.74, 6) is 0.786. The van der Waals surface area contributed by atoms with Gasteiger partial charge in [-0.05, 0) is 24.0 Å². The second kappa shape index (κ2) is 5.27. The summed E-state index contributed by atoms with van der Waals surface area (Å²) in [5, 5.41) is 12.3. The number of anilines is 1. The molecule has 0 aliphatic carbocycles. The molecule has 18 heavy (non-hydrogen) atoms. The van der Waals surface area contributed by atoms with Gasteiger partial charge in [-0.15, -0.1) is 0 Å². The Morgan fingerprint density at radius 3 is 2.78 bits per heavy atom. The van der Waals surface area contributed by atoms with Crippen molar-refractivity contribution in [3.63, 3.8) is 0 Å². The number of fused-ring (bicyclic) bond motifs is 1. The van der Waals surface area contributed by atoms with Gasteiger partial charge in [0, 0.05) is 25.5 Å². The number of nitrogens with one attached hydrogen (secondary N) is 1. The predicted molar refractivity (Wildman–Crippen MR) is 71.3 cm³/mol. The van der Waals surface area contributed by atoms with Gasteiger partial charge in [-0.3, -0.25) is 4.98 Å². The van der Waals surface area contributed by atoms with Crippen molar-refractivity contribution >= 4 is 17.0 Å². The van der Waals surface area contributed by atoms with Crippen LogP contribution in [0.2, 0.25) is 0 Å². The molecule has 0 fully saturated rings. The first-order chi connectivity index (χ1) is 8.61. The van der Waals surface area contributed by atoms with Crippen LogP contribution in [-0.2, 0) is 0 Å². The van der Waals surface area contributed by atoms with Crippen molar-refractivity contribution in [1.29, 1.82) is 0 Å². The van der Waals surface area contributed by atoms with Crippen LogP contribution < -0.4 is 5.32 Å². The third-order valence-corrected chi connectivity index (χ3v) is 2.87. The molecule has 0 saturated carbocycles. The topological polar surface area (TPSA) is 70.9 Å². The molecule has 0 aliphatic heterocycles. The van der Waals surface area contributed by atoms with E-state index in [0.29, 0.717) is 5.65 Å². The van der Waals surface area contributed by atoms with E-state index in [1.165, 1.54) is 0 Å². The third-order valence-electron chi connectivity index (χ3n) is 2.87. The van der Waals surface area contributed by atoms with E-state index in [4.69, 9.17) is 5.11 Å². The van der Waals surface area contributed by atoms with E-state index in [-0.39, 0.29) is 12.0 Å². The van der Waals surface area contributed by atoms with Crippen LogP contribution in [0.4, 0.5) is 5.82 Å². The SMILES string of the molecule is CC(C)(CCO)CNc1ccc2nccnc2n1. The Balaban J connectivity index is 2.08. The highest BCUT2D eigenvalue weighted by molar-refractivity contribution is 5.71. The van der Waals surface area contributed by atoms with Crippen molar-refractivity contribution in [2.45, 2.75) is 20.3 Å². The Labute approximate surface area is 106 Å². The van der Waals surface area contributed by atoms with Gasteiger partial charge >= 0.3 is 0 Å². The number of aliphatic hydroxyl groups is 1. The van der Waals surface area contributed by atoms with Crippen LogP contribution in [0.25, 0.3) is 11.2 Å². The zero-order valence-corrected chi connectivity index (χ0v) is 10.7. The van der Waals surface area contributed by atoms with Gasteiger partial charge in [-0.1, -0.05) is 13.8 Å². The molecular formula is C13H18N4O. The Bertz CT molecular complexity index is 527. The second-order valence-electron chi connectivity index (χ2n) is 5.09. The summed E-state index contributed by atoms with van der Waals surface area (Å²) in [6.07, 6.45) is 4.05. The van der Waals surface area contributed by atoms with Gasteiger partial charge in [0.2, 0.25) is 0 Å². The molecular weight excluding hydrogens is 228 g/mol. The molecule has 0 spiro atoms. The lowest BCUT2D eigenvalue weighted by Gasteiger charge is -2.24. The number of hydrogen-bond acceptors (Lipinski definition) is 5. The van der Waals surface area contributed by atoms with Crippen LogP contribution in [0.3, 0.4) is 0 Å². The number of aliphatic hydroxyl groups excluding tert-OH is 1. The summed E-state index contributed by atoms with van der Waals surface area (Å²) in [6, 6.07) is 3.79. The molecule has 5 heteroatoms. The quantitative estimate of drug-likeness (QED) is 0.842. The van der Waals surface area contributed by atoms with E-state index in [1.807, 2.05) is 12.1 Å². The molecule has 0 atom stereocenters. The summed E-state index contributed by atoms with van der Waals surface area (Å²) in [7, 11) is 0. The minimum absolute atomic E-state index is 0.0355. The van der Waals surface area contributed by atoms with Gasteiger partial charge in [-0.2, -0.15) is 0 Å². The minimum atomic E-state index is 0.0355. The molecule has 2 heterocycles. The second-order valence-corrected chi connectivity index (χ2v) is 5.09. The molecule has 0 unspecified atom stereocenters. The Morgan fingerprint density at radius 1 is 1.22 bits per heavy atom. The number of pyridine rings is 1. The molecule has 0 aliphatic rings. The van der Waals surface area contributed by atoms with Crippen molar-refractivity contribution in [3.05, 3.63) is 24.5 Å². The van der Waals surface area contributed by atoms with Gasteiger partial charge in [0.15, 0.2) is 5.65 Å². The third kappa shape index (κ3) is 3.13. The highest BCUT2D eigenvalue weighted by Crippen LogP contribution is 2.20. The highest BCUT2D eigenvalue weighted by atomic mass is 16.3. The maximum absolute atomic E-state index is 8.98. The molecule has 5 nitrogen and oxygen atoms in total. The summed E-state index contributed by atoms with van der Waals surface area (Å²) in [6.45, 7) is 5.17. The van der Waals surface area contributed by atoms with Crippen molar-refractivity contribution in [2.75, 3.05) is 18.5 Å². The summed E-state index contributed by atoms with van der Waals surface area (Å²) >= 11 is 0. The Kier molecular flexibility index (Phi) is 3.72. The van der Waals surface area contributed by atoms with Gasteiger partial charge in [-0.25, -0.2) is 9.97 Å². The van der Waals surface area contributed by atoms with Gasteiger partial charge < -0.3 is 10.4 Å². The van der Waals surface area contributed by atoms with E-state index in [9.17, 15) is 0 Å². The lowest BCUT2D eigenvalue weighted by Crippen LogP contribution is -2.24. The molecule has 2 rings (SSSR count). The van der Waals surface area contributed by atoms with Crippen molar-refractivity contribution < 1.29 is 5.11 Å². The number of nitrogens with zero attached hydrogens (tertiary/aromatic N) is 3. The van der Waals surface area contributed by atoms with Gasteiger partial charge in [0.25, 0.3) is 0 Å². The molecule has 96 valence electrons. The maximum Gasteiger partial charge on any atom is 0.180 e. The smallest absolute Gasteiger partial charge is 0.180 e.